The van der Waals surface area contributed by atoms with Crippen LogP contribution in [0.5, 0.6) is 0 Å². The van der Waals surface area contributed by atoms with Crippen molar-refractivity contribution in [1.29, 1.82) is 0 Å². The molecule has 0 unspecified atom stereocenters. The second-order valence-corrected chi connectivity index (χ2v) is 6.22. The number of nitrogens with zero attached hydrogens (tertiary/aromatic N) is 2. The Morgan fingerprint density at radius 3 is 2.62 bits per heavy atom. The highest BCUT2D eigenvalue weighted by Gasteiger charge is 2.17. The Morgan fingerprint density at radius 1 is 1.12 bits per heavy atom. The van der Waals surface area contributed by atoms with Gasteiger partial charge in [-0.05, 0) is 61.7 Å². The summed E-state index contributed by atoms with van der Waals surface area (Å²) in [5.41, 5.74) is 3.59. The first kappa shape index (κ1) is 17.7. The molecule has 6 nitrogen and oxygen atoms in total. The summed E-state index contributed by atoms with van der Waals surface area (Å²) in [5, 5.41) is 4.08. The van der Waals surface area contributed by atoms with Gasteiger partial charge in [-0.15, -0.1) is 0 Å². The monoisotopic (exact) mass is 352 g/mol. The van der Waals surface area contributed by atoms with Gasteiger partial charge in [-0.25, -0.2) is 4.79 Å². The Bertz CT molecular complexity index is 939. The summed E-state index contributed by atoms with van der Waals surface area (Å²) in [4.78, 5) is 24.5. The molecule has 6 heteroatoms. The van der Waals surface area contributed by atoms with Crippen LogP contribution >= 0.6 is 0 Å². The fourth-order valence-corrected chi connectivity index (χ4v) is 2.67. The third-order valence-electron chi connectivity index (χ3n) is 4.22. The lowest BCUT2D eigenvalue weighted by molar-refractivity contribution is 0.0442. The third kappa shape index (κ3) is 3.91. The molecule has 0 N–H and O–H groups in total. The molecule has 1 aromatic carbocycles. The minimum Gasteiger partial charge on any atom is -0.452 e. The number of hydrogen-bond donors (Lipinski definition) is 0. The van der Waals surface area contributed by atoms with E-state index in [0.29, 0.717) is 17.9 Å². The summed E-state index contributed by atoms with van der Waals surface area (Å²) >= 11 is 0. The van der Waals surface area contributed by atoms with Crippen molar-refractivity contribution in [3.63, 3.8) is 0 Å². The van der Waals surface area contributed by atoms with Gasteiger partial charge in [-0.1, -0.05) is 6.07 Å². The first-order chi connectivity index (χ1) is 12.4. The highest BCUT2D eigenvalue weighted by Crippen LogP contribution is 2.16. The van der Waals surface area contributed by atoms with Gasteiger partial charge < -0.3 is 9.15 Å². The topological polar surface area (TPSA) is 74.3 Å². The Hall–Kier alpha value is -3.15. The van der Waals surface area contributed by atoms with Crippen molar-refractivity contribution < 1.29 is 18.7 Å². The number of aryl methyl sites for hydroxylation is 3. The van der Waals surface area contributed by atoms with E-state index in [2.05, 4.69) is 5.10 Å². The zero-order valence-electron chi connectivity index (χ0n) is 15.0. The van der Waals surface area contributed by atoms with Gasteiger partial charge in [0.05, 0.1) is 6.54 Å². The smallest absolute Gasteiger partial charge is 0.374 e. The molecule has 0 saturated carbocycles. The van der Waals surface area contributed by atoms with E-state index in [-0.39, 0.29) is 18.2 Å². The fraction of sp³-hybridized carbons (Fsp3) is 0.250. The molecule has 0 radical (unpaired) electrons. The van der Waals surface area contributed by atoms with Crippen LogP contribution in [0.15, 0.2) is 47.1 Å². The largest absolute Gasteiger partial charge is 0.452 e. The lowest BCUT2D eigenvalue weighted by Crippen LogP contribution is -2.15. The minimum atomic E-state index is -0.661. The van der Waals surface area contributed by atoms with Crippen molar-refractivity contribution in [3.05, 3.63) is 76.5 Å². The number of esters is 1. The standard InChI is InChI=1S/C20H20N2O4/c1-13-9-15(3)17(10-14(13)2)18(23)12-25-20(24)19-6-5-16(26-19)11-22-8-4-7-21-22/h4-10H,11-12H2,1-3H3. The molecule has 26 heavy (non-hydrogen) atoms. The molecule has 0 amide bonds. The van der Waals surface area contributed by atoms with Crippen LogP contribution in [0.1, 0.15) is 43.4 Å². The molecule has 0 atom stereocenters. The molecule has 0 aliphatic rings. The number of ketones is 1. The number of aromatic nitrogens is 2. The number of ether oxygens (including phenoxy) is 1. The van der Waals surface area contributed by atoms with Crippen LogP contribution in [0.3, 0.4) is 0 Å². The predicted octanol–water partition coefficient (Wildman–Crippen LogP) is 3.49. The molecule has 0 aliphatic carbocycles. The van der Waals surface area contributed by atoms with Gasteiger partial charge in [0.25, 0.3) is 0 Å². The normalized spacial score (nSPS) is 10.7. The molecule has 0 bridgehead atoms. The molecular weight excluding hydrogens is 332 g/mol. The quantitative estimate of drug-likeness (QED) is 0.501. The molecule has 3 rings (SSSR count). The number of furan rings is 1. The first-order valence-electron chi connectivity index (χ1n) is 8.28. The maximum absolute atomic E-state index is 12.4. The Kier molecular flexibility index (Phi) is 5.02. The van der Waals surface area contributed by atoms with E-state index in [1.165, 1.54) is 6.07 Å². The van der Waals surface area contributed by atoms with Crippen molar-refractivity contribution in [2.75, 3.05) is 6.61 Å². The number of carbonyl (C=O) groups excluding carboxylic acids is 2. The summed E-state index contributed by atoms with van der Waals surface area (Å²) in [6.45, 7) is 5.91. The second kappa shape index (κ2) is 7.39. The summed E-state index contributed by atoms with van der Waals surface area (Å²) in [7, 11) is 0. The van der Waals surface area contributed by atoms with Crippen LogP contribution in [-0.2, 0) is 11.3 Å². The van der Waals surface area contributed by atoms with E-state index in [9.17, 15) is 9.59 Å². The van der Waals surface area contributed by atoms with Gasteiger partial charge in [0.1, 0.15) is 5.76 Å². The Morgan fingerprint density at radius 2 is 1.88 bits per heavy atom. The van der Waals surface area contributed by atoms with E-state index >= 15 is 0 Å². The number of hydrogen-bond acceptors (Lipinski definition) is 5. The zero-order valence-corrected chi connectivity index (χ0v) is 15.0. The molecule has 0 fully saturated rings. The summed E-state index contributed by atoms with van der Waals surface area (Å²) in [5.74, 6) is -0.248. The molecular formula is C20H20N2O4. The van der Waals surface area contributed by atoms with Gasteiger partial charge in [-0.3, -0.25) is 9.48 Å². The van der Waals surface area contributed by atoms with Gasteiger partial charge in [0, 0.05) is 18.0 Å². The minimum absolute atomic E-state index is 0.0664. The first-order valence-corrected chi connectivity index (χ1v) is 8.28. The van der Waals surface area contributed by atoms with Crippen LogP contribution in [0.25, 0.3) is 0 Å². The molecule has 134 valence electrons. The lowest BCUT2D eigenvalue weighted by atomic mass is 9.98. The lowest BCUT2D eigenvalue weighted by Gasteiger charge is -2.09. The molecule has 3 aromatic rings. The molecule has 0 spiro atoms. The predicted molar refractivity (Wildman–Crippen MR) is 95.3 cm³/mol. The van der Waals surface area contributed by atoms with Crippen molar-refractivity contribution in [1.82, 2.24) is 9.78 Å². The van der Waals surface area contributed by atoms with Gasteiger partial charge in [0.15, 0.2) is 6.61 Å². The molecule has 0 aliphatic heterocycles. The van der Waals surface area contributed by atoms with E-state index in [1.54, 1.807) is 29.2 Å². The Labute approximate surface area is 151 Å². The van der Waals surface area contributed by atoms with Crippen LogP contribution in [-0.4, -0.2) is 28.1 Å². The highest BCUT2D eigenvalue weighted by atomic mass is 16.5. The maximum Gasteiger partial charge on any atom is 0.374 e. The van der Waals surface area contributed by atoms with Crippen LogP contribution in [0, 0.1) is 20.8 Å². The number of rotatable bonds is 6. The average molecular weight is 352 g/mol. The average Bonchev–Trinajstić information content (AvgIpc) is 3.28. The molecule has 2 heterocycles. The van der Waals surface area contributed by atoms with Crippen LogP contribution < -0.4 is 0 Å². The maximum atomic E-state index is 12.4. The van der Waals surface area contributed by atoms with E-state index in [4.69, 9.17) is 9.15 Å². The van der Waals surface area contributed by atoms with Crippen molar-refractivity contribution in [3.8, 4) is 0 Å². The number of carbonyl (C=O) groups is 2. The fourth-order valence-electron chi connectivity index (χ4n) is 2.67. The summed E-state index contributed by atoms with van der Waals surface area (Å²) in [6.07, 6.45) is 3.46. The number of Topliss-reactive ketones (excluding diaryl/α,β-unsaturated/α-hetero) is 1. The second-order valence-electron chi connectivity index (χ2n) is 6.22. The van der Waals surface area contributed by atoms with Gasteiger partial charge in [0.2, 0.25) is 11.5 Å². The van der Waals surface area contributed by atoms with Crippen LogP contribution in [0.4, 0.5) is 0 Å². The third-order valence-corrected chi connectivity index (χ3v) is 4.22. The van der Waals surface area contributed by atoms with Crippen molar-refractivity contribution >= 4 is 11.8 Å². The van der Waals surface area contributed by atoms with Gasteiger partial charge in [-0.2, -0.15) is 5.10 Å². The van der Waals surface area contributed by atoms with Crippen molar-refractivity contribution in [2.24, 2.45) is 0 Å². The van der Waals surface area contributed by atoms with E-state index < -0.39 is 5.97 Å². The molecule has 2 aromatic heterocycles. The van der Waals surface area contributed by atoms with Crippen molar-refractivity contribution in [2.45, 2.75) is 27.3 Å². The zero-order chi connectivity index (χ0) is 18.7. The van der Waals surface area contributed by atoms with Gasteiger partial charge >= 0.3 is 5.97 Å². The summed E-state index contributed by atoms with van der Waals surface area (Å²) < 4.78 is 12.3. The van der Waals surface area contributed by atoms with E-state index in [0.717, 1.165) is 16.7 Å². The van der Waals surface area contributed by atoms with E-state index in [1.807, 2.05) is 32.9 Å². The summed E-state index contributed by atoms with van der Waals surface area (Å²) in [6, 6.07) is 8.81. The SMILES string of the molecule is Cc1cc(C)c(C(=O)COC(=O)c2ccc(Cn3cccn3)o2)cc1C. The molecule has 0 saturated heterocycles. The highest BCUT2D eigenvalue weighted by molar-refractivity contribution is 6.00. The van der Waals surface area contributed by atoms with Crippen LogP contribution in [0.2, 0.25) is 0 Å². The Balaban J connectivity index is 1.61. The number of benzene rings is 1.